The number of aliphatic hydroxyl groups excluding tert-OH is 1. The lowest BCUT2D eigenvalue weighted by Crippen LogP contribution is -2.53. The number of aliphatic hydroxyl groups is 1. The molecule has 2 aliphatic rings. The second-order valence-corrected chi connectivity index (χ2v) is 6.38. The van der Waals surface area contributed by atoms with Gasteiger partial charge >= 0.3 is 0 Å². The summed E-state index contributed by atoms with van der Waals surface area (Å²) < 4.78 is 0. The standard InChI is InChI=1S/C14H28N2O/c1-12(2)16-8-5-14(6-9-16)4-7-15(3)10-13(14)11-17/h12-13,17H,4-11H2,1-3H3. The Bertz CT molecular complexity index is 247. The van der Waals surface area contributed by atoms with Crippen LogP contribution in [0.15, 0.2) is 0 Å². The smallest absolute Gasteiger partial charge is 0.0476 e. The first-order chi connectivity index (χ1) is 8.07. The van der Waals surface area contributed by atoms with Crippen molar-refractivity contribution < 1.29 is 5.11 Å². The summed E-state index contributed by atoms with van der Waals surface area (Å²) in [5.74, 6) is 0.496. The van der Waals surface area contributed by atoms with Gasteiger partial charge in [0.2, 0.25) is 0 Å². The number of likely N-dealkylation sites (tertiary alicyclic amines) is 2. The quantitative estimate of drug-likeness (QED) is 0.791. The van der Waals surface area contributed by atoms with Crippen LogP contribution in [0.25, 0.3) is 0 Å². The molecule has 0 saturated carbocycles. The van der Waals surface area contributed by atoms with Gasteiger partial charge in [0.25, 0.3) is 0 Å². The lowest BCUT2D eigenvalue weighted by Gasteiger charge is -2.51. The zero-order valence-electron chi connectivity index (χ0n) is 11.7. The molecule has 0 bridgehead atoms. The van der Waals surface area contributed by atoms with E-state index in [0.29, 0.717) is 24.0 Å². The van der Waals surface area contributed by atoms with Gasteiger partial charge in [0.15, 0.2) is 0 Å². The molecule has 1 atom stereocenters. The topological polar surface area (TPSA) is 26.7 Å². The Morgan fingerprint density at radius 2 is 1.76 bits per heavy atom. The van der Waals surface area contributed by atoms with E-state index in [2.05, 4.69) is 30.7 Å². The third kappa shape index (κ3) is 2.67. The fourth-order valence-corrected chi connectivity index (χ4v) is 3.67. The fraction of sp³-hybridized carbons (Fsp3) is 1.00. The van der Waals surface area contributed by atoms with Gasteiger partial charge in [-0.1, -0.05) is 0 Å². The predicted molar refractivity (Wildman–Crippen MR) is 71.1 cm³/mol. The minimum absolute atomic E-state index is 0.367. The fourth-order valence-electron chi connectivity index (χ4n) is 3.67. The van der Waals surface area contributed by atoms with Gasteiger partial charge in [0.1, 0.15) is 0 Å². The van der Waals surface area contributed by atoms with Crippen LogP contribution in [0.1, 0.15) is 33.1 Å². The van der Waals surface area contributed by atoms with E-state index in [1.165, 1.54) is 38.9 Å². The highest BCUT2D eigenvalue weighted by Gasteiger charge is 2.43. The second kappa shape index (κ2) is 5.25. The van der Waals surface area contributed by atoms with Crippen molar-refractivity contribution >= 4 is 0 Å². The molecule has 3 nitrogen and oxygen atoms in total. The normalized spacial score (nSPS) is 31.2. The maximum atomic E-state index is 9.66. The molecule has 2 aliphatic heterocycles. The molecule has 1 unspecified atom stereocenters. The number of rotatable bonds is 2. The summed E-state index contributed by atoms with van der Waals surface area (Å²) in [4.78, 5) is 4.96. The Kier molecular flexibility index (Phi) is 4.11. The SMILES string of the molecule is CC(C)N1CCC2(CCN(C)CC2CO)CC1. The average molecular weight is 240 g/mol. The summed E-state index contributed by atoms with van der Waals surface area (Å²) in [5.41, 5.74) is 0.437. The molecule has 0 radical (unpaired) electrons. The summed E-state index contributed by atoms with van der Waals surface area (Å²) >= 11 is 0. The highest BCUT2D eigenvalue weighted by atomic mass is 16.3. The van der Waals surface area contributed by atoms with E-state index in [9.17, 15) is 5.11 Å². The van der Waals surface area contributed by atoms with Gasteiger partial charge in [-0.15, -0.1) is 0 Å². The van der Waals surface area contributed by atoms with Gasteiger partial charge in [0.05, 0.1) is 0 Å². The van der Waals surface area contributed by atoms with Crippen molar-refractivity contribution in [3.63, 3.8) is 0 Å². The minimum atomic E-state index is 0.367. The van der Waals surface area contributed by atoms with Gasteiger partial charge in [-0.2, -0.15) is 0 Å². The van der Waals surface area contributed by atoms with Gasteiger partial charge in [-0.3, -0.25) is 0 Å². The predicted octanol–water partition coefficient (Wildman–Crippen LogP) is 1.42. The molecule has 2 fully saturated rings. The summed E-state index contributed by atoms with van der Waals surface area (Å²) in [7, 11) is 2.18. The molecule has 3 heteroatoms. The molecule has 2 rings (SSSR count). The highest BCUT2D eigenvalue weighted by molar-refractivity contribution is 4.95. The van der Waals surface area contributed by atoms with E-state index < -0.39 is 0 Å². The van der Waals surface area contributed by atoms with Crippen molar-refractivity contribution in [2.45, 2.75) is 39.2 Å². The van der Waals surface area contributed by atoms with E-state index in [0.717, 1.165) is 6.54 Å². The Hall–Kier alpha value is -0.120. The minimum Gasteiger partial charge on any atom is -0.396 e. The molecule has 0 amide bonds. The molecule has 0 aromatic heterocycles. The van der Waals surface area contributed by atoms with Gasteiger partial charge < -0.3 is 14.9 Å². The second-order valence-electron chi connectivity index (χ2n) is 6.38. The zero-order chi connectivity index (χ0) is 12.5. The number of hydrogen-bond donors (Lipinski definition) is 1. The largest absolute Gasteiger partial charge is 0.396 e. The van der Waals surface area contributed by atoms with Crippen LogP contribution in [0.3, 0.4) is 0 Å². The van der Waals surface area contributed by atoms with Crippen molar-refractivity contribution in [2.24, 2.45) is 11.3 Å². The molecule has 1 N–H and O–H groups in total. The molecule has 100 valence electrons. The zero-order valence-corrected chi connectivity index (χ0v) is 11.7. The van der Waals surface area contributed by atoms with Crippen LogP contribution in [0.2, 0.25) is 0 Å². The van der Waals surface area contributed by atoms with Crippen LogP contribution in [-0.2, 0) is 0 Å². The molecule has 2 heterocycles. The summed E-state index contributed by atoms with van der Waals surface area (Å²) in [6.07, 6.45) is 3.84. The molecule has 0 aromatic rings. The van der Waals surface area contributed by atoms with Crippen molar-refractivity contribution in [3.05, 3.63) is 0 Å². The summed E-state index contributed by atoms with van der Waals surface area (Å²) in [6.45, 7) is 9.67. The van der Waals surface area contributed by atoms with Crippen LogP contribution in [0.4, 0.5) is 0 Å². The van der Waals surface area contributed by atoms with Crippen molar-refractivity contribution in [1.29, 1.82) is 0 Å². The lowest BCUT2D eigenvalue weighted by atomic mass is 9.64. The number of piperidine rings is 2. The first kappa shape index (κ1) is 13.3. The molecule has 17 heavy (non-hydrogen) atoms. The molecular formula is C14H28N2O. The van der Waals surface area contributed by atoms with E-state index in [1.807, 2.05) is 0 Å². The molecule has 1 spiro atoms. The van der Waals surface area contributed by atoms with Crippen LogP contribution >= 0.6 is 0 Å². The number of hydrogen-bond acceptors (Lipinski definition) is 3. The maximum Gasteiger partial charge on any atom is 0.0476 e. The van der Waals surface area contributed by atoms with Gasteiger partial charge in [0, 0.05) is 25.1 Å². The third-order valence-corrected chi connectivity index (χ3v) is 5.13. The maximum absolute atomic E-state index is 9.66. The van der Waals surface area contributed by atoms with E-state index in [1.54, 1.807) is 0 Å². The van der Waals surface area contributed by atoms with Crippen molar-refractivity contribution in [1.82, 2.24) is 9.80 Å². The highest BCUT2D eigenvalue weighted by Crippen LogP contribution is 2.44. The molecule has 0 aromatic carbocycles. The van der Waals surface area contributed by atoms with Crippen molar-refractivity contribution in [3.8, 4) is 0 Å². The Morgan fingerprint density at radius 1 is 1.18 bits per heavy atom. The third-order valence-electron chi connectivity index (χ3n) is 5.13. The van der Waals surface area contributed by atoms with Gasteiger partial charge in [-0.25, -0.2) is 0 Å². The monoisotopic (exact) mass is 240 g/mol. The van der Waals surface area contributed by atoms with E-state index in [-0.39, 0.29) is 0 Å². The Balaban J connectivity index is 2.00. The Morgan fingerprint density at radius 3 is 2.29 bits per heavy atom. The first-order valence-corrected chi connectivity index (χ1v) is 7.11. The summed E-state index contributed by atoms with van der Waals surface area (Å²) in [5, 5.41) is 9.66. The van der Waals surface area contributed by atoms with Crippen LogP contribution in [-0.4, -0.2) is 60.8 Å². The molecule has 2 saturated heterocycles. The molecule has 0 aliphatic carbocycles. The van der Waals surface area contributed by atoms with Crippen molar-refractivity contribution in [2.75, 3.05) is 39.8 Å². The average Bonchev–Trinajstić information content (AvgIpc) is 2.33. The number of nitrogens with zero attached hydrogens (tertiary/aromatic N) is 2. The summed E-state index contributed by atoms with van der Waals surface area (Å²) in [6, 6.07) is 0.672. The Labute approximate surface area is 106 Å². The van der Waals surface area contributed by atoms with Gasteiger partial charge in [-0.05, 0) is 65.2 Å². The molecular weight excluding hydrogens is 212 g/mol. The van der Waals surface area contributed by atoms with E-state index >= 15 is 0 Å². The van der Waals surface area contributed by atoms with Crippen LogP contribution in [0.5, 0.6) is 0 Å². The van der Waals surface area contributed by atoms with Crippen LogP contribution < -0.4 is 0 Å². The van der Waals surface area contributed by atoms with Crippen LogP contribution in [0, 0.1) is 11.3 Å². The first-order valence-electron chi connectivity index (χ1n) is 7.11. The van der Waals surface area contributed by atoms with E-state index in [4.69, 9.17) is 0 Å². The lowest BCUT2D eigenvalue weighted by molar-refractivity contribution is -0.0402.